The van der Waals surface area contributed by atoms with Crippen LogP contribution in [0.2, 0.25) is 0 Å². The Hall–Kier alpha value is -2.88. The molecule has 0 spiro atoms. The van der Waals surface area contributed by atoms with E-state index in [1.54, 1.807) is 51.1 Å². The van der Waals surface area contributed by atoms with Gasteiger partial charge in [-0.2, -0.15) is 13.2 Å². The lowest BCUT2D eigenvalue weighted by Crippen LogP contribution is -2.50. The highest BCUT2D eigenvalue weighted by molar-refractivity contribution is 5.99. The zero-order valence-electron chi connectivity index (χ0n) is 19.1. The molecule has 3 amide bonds. The van der Waals surface area contributed by atoms with E-state index in [1.807, 2.05) is 0 Å². The van der Waals surface area contributed by atoms with Crippen molar-refractivity contribution < 1.29 is 27.6 Å². The van der Waals surface area contributed by atoms with Crippen LogP contribution in [0.25, 0.3) is 0 Å². The van der Waals surface area contributed by atoms with E-state index < -0.39 is 36.0 Å². The number of amides is 3. The predicted molar refractivity (Wildman–Crippen MR) is 117 cm³/mol. The fourth-order valence-corrected chi connectivity index (χ4v) is 3.69. The Morgan fingerprint density at radius 1 is 1.21 bits per heavy atom. The van der Waals surface area contributed by atoms with Crippen LogP contribution in [-0.4, -0.2) is 58.9 Å². The van der Waals surface area contributed by atoms with Crippen LogP contribution in [0, 0.1) is 0 Å². The monoisotopic (exact) mass is 468 g/mol. The highest BCUT2D eigenvalue weighted by Gasteiger charge is 2.44. The summed E-state index contributed by atoms with van der Waals surface area (Å²) in [6, 6.07) is 6.98. The Balaban J connectivity index is 2.24. The number of allylic oxidation sites excluding steroid dienone is 1. The molecule has 1 saturated heterocycles. The smallest absolute Gasteiger partial charge is 0.333 e. The first-order chi connectivity index (χ1) is 15.5. The zero-order valence-corrected chi connectivity index (χ0v) is 19.1. The van der Waals surface area contributed by atoms with E-state index in [-0.39, 0.29) is 18.8 Å². The molecule has 2 atom stereocenters. The van der Waals surface area contributed by atoms with Crippen molar-refractivity contribution in [1.82, 2.24) is 15.1 Å². The molecule has 0 unspecified atom stereocenters. The molecule has 0 saturated carbocycles. The maximum atomic E-state index is 13.3. The number of benzene rings is 1. The third-order valence-electron chi connectivity index (χ3n) is 5.55. The summed E-state index contributed by atoms with van der Waals surface area (Å²) in [4.78, 5) is 39.8. The van der Waals surface area contributed by atoms with Crippen molar-refractivity contribution in [2.45, 2.75) is 64.8 Å². The molecule has 1 aliphatic heterocycles. The molecule has 33 heavy (non-hydrogen) atoms. The molecule has 1 aromatic carbocycles. The van der Waals surface area contributed by atoms with Crippen molar-refractivity contribution in [3.8, 4) is 0 Å². The predicted octanol–water partition coefficient (Wildman–Crippen LogP) is 2.72. The van der Waals surface area contributed by atoms with Crippen molar-refractivity contribution in [3.63, 3.8) is 0 Å². The molecular weight excluding hydrogens is 437 g/mol. The second-order valence-corrected chi connectivity index (χ2v) is 8.34. The molecule has 7 nitrogen and oxygen atoms in total. The SMILES string of the molecule is CC[C@H](N)C(=O)NC(C(=O)N1CCC[C@H]1CN(Cc1ccccc1)C(=O)C(F)(F)F)=C(C)C. The van der Waals surface area contributed by atoms with Gasteiger partial charge in [-0.15, -0.1) is 0 Å². The Kier molecular flexibility index (Phi) is 9.04. The van der Waals surface area contributed by atoms with Crippen LogP contribution in [0.1, 0.15) is 45.6 Å². The number of halogens is 3. The van der Waals surface area contributed by atoms with Crippen LogP contribution in [0.3, 0.4) is 0 Å². The van der Waals surface area contributed by atoms with Crippen LogP contribution >= 0.6 is 0 Å². The minimum atomic E-state index is -5.03. The van der Waals surface area contributed by atoms with Gasteiger partial charge in [-0.1, -0.05) is 37.3 Å². The Morgan fingerprint density at radius 3 is 2.39 bits per heavy atom. The number of nitrogens with two attached hydrogens (primary N) is 1. The van der Waals surface area contributed by atoms with Gasteiger partial charge in [0.25, 0.3) is 5.91 Å². The summed E-state index contributed by atoms with van der Waals surface area (Å²) in [5.74, 6) is -2.95. The van der Waals surface area contributed by atoms with Gasteiger partial charge in [0.15, 0.2) is 0 Å². The average molecular weight is 469 g/mol. The van der Waals surface area contributed by atoms with Gasteiger partial charge >= 0.3 is 12.1 Å². The van der Waals surface area contributed by atoms with E-state index in [9.17, 15) is 27.6 Å². The van der Waals surface area contributed by atoms with E-state index in [0.29, 0.717) is 36.9 Å². The molecule has 0 bridgehead atoms. The second-order valence-electron chi connectivity index (χ2n) is 8.34. The highest BCUT2D eigenvalue weighted by Crippen LogP contribution is 2.25. The highest BCUT2D eigenvalue weighted by atomic mass is 19.4. The molecule has 10 heteroatoms. The van der Waals surface area contributed by atoms with Crippen molar-refractivity contribution >= 4 is 17.7 Å². The third kappa shape index (κ3) is 7.05. The van der Waals surface area contributed by atoms with E-state index in [4.69, 9.17) is 5.73 Å². The topological polar surface area (TPSA) is 95.7 Å². The van der Waals surface area contributed by atoms with Crippen LogP contribution in [0.15, 0.2) is 41.6 Å². The average Bonchev–Trinajstić information content (AvgIpc) is 3.23. The largest absolute Gasteiger partial charge is 0.471 e. The Labute approximate surface area is 191 Å². The summed E-state index contributed by atoms with van der Waals surface area (Å²) in [6.07, 6.45) is -3.62. The number of rotatable bonds is 8. The van der Waals surface area contributed by atoms with Crippen molar-refractivity contribution in [2.24, 2.45) is 5.73 Å². The molecule has 0 aromatic heterocycles. The number of hydrogen-bond acceptors (Lipinski definition) is 4. The summed E-state index contributed by atoms with van der Waals surface area (Å²) >= 11 is 0. The number of nitrogens with one attached hydrogen (secondary N) is 1. The van der Waals surface area contributed by atoms with Gasteiger partial charge in [-0.25, -0.2) is 0 Å². The molecule has 2 rings (SSSR count). The lowest BCUT2D eigenvalue weighted by atomic mass is 10.1. The maximum Gasteiger partial charge on any atom is 0.471 e. The molecule has 1 fully saturated rings. The van der Waals surface area contributed by atoms with Gasteiger partial charge < -0.3 is 20.9 Å². The van der Waals surface area contributed by atoms with Gasteiger partial charge in [0.05, 0.1) is 6.04 Å². The fourth-order valence-electron chi connectivity index (χ4n) is 3.69. The van der Waals surface area contributed by atoms with E-state index in [2.05, 4.69) is 5.32 Å². The third-order valence-corrected chi connectivity index (χ3v) is 5.55. The molecule has 1 heterocycles. The molecule has 1 aliphatic rings. The number of carbonyl (C=O) groups excluding carboxylic acids is 3. The van der Waals surface area contributed by atoms with E-state index >= 15 is 0 Å². The lowest BCUT2D eigenvalue weighted by molar-refractivity contribution is -0.186. The van der Waals surface area contributed by atoms with E-state index in [0.717, 1.165) is 4.90 Å². The quantitative estimate of drug-likeness (QED) is 0.574. The number of nitrogens with zero attached hydrogens (tertiary/aromatic N) is 2. The normalized spacial score (nSPS) is 16.8. The minimum absolute atomic E-state index is 0.0626. The molecular formula is C23H31F3N4O3. The standard InChI is InChI=1S/C23H31F3N4O3/c1-4-18(27)20(31)28-19(15(2)3)21(32)30-12-8-11-17(30)14-29(22(33)23(24,25)26)13-16-9-6-5-7-10-16/h5-7,9-10,17-18H,4,8,11-14,27H2,1-3H3,(H,28,31)/t17-,18-/m0/s1. The number of carbonyl (C=O) groups is 3. The lowest BCUT2D eigenvalue weighted by Gasteiger charge is -2.32. The van der Waals surface area contributed by atoms with Gasteiger partial charge in [0.1, 0.15) is 5.70 Å². The van der Waals surface area contributed by atoms with Crippen molar-refractivity contribution in [3.05, 3.63) is 47.2 Å². The number of hydrogen-bond donors (Lipinski definition) is 2. The van der Waals surface area contributed by atoms with Gasteiger partial charge in [0, 0.05) is 25.7 Å². The van der Waals surface area contributed by atoms with Gasteiger partial charge in [-0.3, -0.25) is 14.4 Å². The zero-order chi connectivity index (χ0) is 24.8. The first-order valence-corrected chi connectivity index (χ1v) is 10.9. The van der Waals surface area contributed by atoms with Crippen molar-refractivity contribution in [2.75, 3.05) is 13.1 Å². The summed E-state index contributed by atoms with van der Waals surface area (Å²) in [5, 5.41) is 2.57. The summed E-state index contributed by atoms with van der Waals surface area (Å²) in [5.41, 5.74) is 6.91. The van der Waals surface area contributed by atoms with Gasteiger partial charge in [-0.05, 0) is 44.2 Å². The summed E-state index contributed by atoms with van der Waals surface area (Å²) in [6.45, 7) is 4.88. The minimum Gasteiger partial charge on any atom is -0.333 e. The molecule has 1 aromatic rings. The Bertz CT molecular complexity index is 883. The van der Waals surface area contributed by atoms with Crippen LogP contribution in [0.5, 0.6) is 0 Å². The molecule has 182 valence electrons. The first-order valence-electron chi connectivity index (χ1n) is 10.9. The molecule has 3 N–H and O–H groups in total. The fraction of sp³-hybridized carbons (Fsp3) is 0.522. The number of likely N-dealkylation sites (tertiary alicyclic amines) is 1. The van der Waals surface area contributed by atoms with Crippen LogP contribution < -0.4 is 11.1 Å². The van der Waals surface area contributed by atoms with Gasteiger partial charge in [0.2, 0.25) is 5.91 Å². The van der Waals surface area contributed by atoms with Crippen molar-refractivity contribution in [1.29, 1.82) is 0 Å². The van der Waals surface area contributed by atoms with E-state index in [1.165, 1.54) is 4.90 Å². The van der Waals surface area contributed by atoms with Crippen LogP contribution in [0.4, 0.5) is 13.2 Å². The Morgan fingerprint density at radius 2 is 1.85 bits per heavy atom. The second kappa shape index (κ2) is 11.3. The molecule has 0 aliphatic carbocycles. The summed E-state index contributed by atoms with van der Waals surface area (Å²) < 4.78 is 39.8. The summed E-state index contributed by atoms with van der Waals surface area (Å²) in [7, 11) is 0. The number of alkyl halides is 3. The van der Waals surface area contributed by atoms with Crippen LogP contribution in [-0.2, 0) is 20.9 Å². The molecule has 0 radical (unpaired) electrons. The maximum absolute atomic E-state index is 13.3. The first kappa shape index (κ1) is 26.4.